The Bertz CT molecular complexity index is 1160. The molecular weight excluding hydrogens is 470 g/mol. The molecule has 3 aromatic rings. The van der Waals surface area contributed by atoms with Crippen LogP contribution in [0.25, 0.3) is 0 Å². The molecule has 180 valence electrons. The molecule has 3 rings (SSSR count). The van der Waals surface area contributed by atoms with Crippen LogP contribution in [0, 0.1) is 0 Å². The number of anilines is 2. The lowest BCUT2D eigenvalue weighted by atomic mass is 9.94. The van der Waals surface area contributed by atoms with Gasteiger partial charge >= 0.3 is 0 Å². The van der Waals surface area contributed by atoms with E-state index < -0.39 is 0 Å². The predicted octanol–water partition coefficient (Wildman–Crippen LogP) is 5.03. The van der Waals surface area contributed by atoms with Gasteiger partial charge in [0.2, 0.25) is 11.8 Å². The van der Waals surface area contributed by atoms with E-state index in [-0.39, 0.29) is 17.2 Å². The van der Waals surface area contributed by atoms with Crippen LogP contribution in [0.3, 0.4) is 0 Å². The standard InChI is InChI=1S/C24H29N5O3S2/c1-24(2,3)18-13-25-20(32-18)15-33-21-14-26-23(34-21)28-22(31)16-8-6-9-17(12-16)27-19(30)10-7-11-29(4)5/h6-10,12-14H,11,15H2,1-5H3,(H,27,30)(H,26,28,31). The number of likely N-dealkylation sites (N-methyl/N-ethyl adjacent to an activating group) is 1. The minimum Gasteiger partial charge on any atom is -0.444 e. The van der Waals surface area contributed by atoms with Gasteiger partial charge in [0.1, 0.15) is 5.76 Å². The van der Waals surface area contributed by atoms with Crippen LogP contribution in [0.2, 0.25) is 0 Å². The van der Waals surface area contributed by atoms with Gasteiger partial charge in [0, 0.05) is 29.3 Å². The molecule has 2 N–H and O–H groups in total. The summed E-state index contributed by atoms with van der Waals surface area (Å²) in [6.45, 7) is 6.90. The van der Waals surface area contributed by atoms with E-state index in [1.54, 1.807) is 54.5 Å². The molecule has 0 bridgehead atoms. The fourth-order valence-corrected chi connectivity index (χ4v) is 4.42. The Balaban J connectivity index is 1.54. The first-order valence-electron chi connectivity index (χ1n) is 10.7. The normalized spacial score (nSPS) is 11.8. The quantitative estimate of drug-likeness (QED) is 0.315. The molecule has 0 aliphatic rings. The highest BCUT2D eigenvalue weighted by Gasteiger charge is 2.19. The molecule has 0 saturated carbocycles. The van der Waals surface area contributed by atoms with Gasteiger partial charge in [-0.1, -0.05) is 44.3 Å². The van der Waals surface area contributed by atoms with Crippen molar-refractivity contribution in [3.8, 4) is 0 Å². The van der Waals surface area contributed by atoms with E-state index >= 15 is 0 Å². The van der Waals surface area contributed by atoms with Gasteiger partial charge in [-0.2, -0.15) is 0 Å². The third-order valence-electron chi connectivity index (χ3n) is 4.47. The molecule has 1 aromatic carbocycles. The number of rotatable bonds is 9. The van der Waals surface area contributed by atoms with Crippen molar-refractivity contribution >= 4 is 45.7 Å². The number of nitrogens with one attached hydrogen (secondary N) is 2. The van der Waals surface area contributed by atoms with E-state index in [0.717, 1.165) is 9.97 Å². The maximum atomic E-state index is 12.7. The number of amides is 2. The minimum atomic E-state index is -0.298. The van der Waals surface area contributed by atoms with Crippen molar-refractivity contribution in [1.82, 2.24) is 14.9 Å². The van der Waals surface area contributed by atoms with Gasteiger partial charge < -0.3 is 14.6 Å². The molecule has 34 heavy (non-hydrogen) atoms. The third-order valence-corrected chi connectivity index (χ3v) is 6.56. The van der Waals surface area contributed by atoms with E-state index in [2.05, 4.69) is 41.4 Å². The summed E-state index contributed by atoms with van der Waals surface area (Å²) in [4.78, 5) is 35.3. The van der Waals surface area contributed by atoms with Gasteiger partial charge in [0.05, 0.1) is 22.4 Å². The Labute approximate surface area is 207 Å². The zero-order valence-corrected chi connectivity index (χ0v) is 21.5. The molecule has 2 aromatic heterocycles. The van der Waals surface area contributed by atoms with Gasteiger partial charge in [0.25, 0.3) is 5.91 Å². The molecule has 8 nitrogen and oxygen atoms in total. The second-order valence-electron chi connectivity index (χ2n) is 8.83. The molecule has 0 aliphatic heterocycles. The lowest BCUT2D eigenvalue weighted by Gasteiger charge is -2.12. The molecule has 0 saturated heterocycles. The molecule has 0 fully saturated rings. The van der Waals surface area contributed by atoms with E-state index in [0.29, 0.717) is 34.6 Å². The van der Waals surface area contributed by atoms with Gasteiger partial charge in [-0.25, -0.2) is 9.97 Å². The van der Waals surface area contributed by atoms with Crippen molar-refractivity contribution in [3.05, 3.63) is 66.0 Å². The largest absolute Gasteiger partial charge is 0.444 e. The lowest BCUT2D eigenvalue weighted by Crippen LogP contribution is -2.14. The summed E-state index contributed by atoms with van der Waals surface area (Å²) in [5, 5.41) is 6.08. The highest BCUT2D eigenvalue weighted by Crippen LogP contribution is 2.32. The van der Waals surface area contributed by atoms with E-state index in [9.17, 15) is 9.59 Å². The van der Waals surface area contributed by atoms with E-state index in [4.69, 9.17) is 4.42 Å². The zero-order chi connectivity index (χ0) is 24.7. The van der Waals surface area contributed by atoms with Crippen molar-refractivity contribution in [2.24, 2.45) is 0 Å². The monoisotopic (exact) mass is 499 g/mol. The average Bonchev–Trinajstić information content (AvgIpc) is 3.41. The molecule has 0 atom stereocenters. The summed E-state index contributed by atoms with van der Waals surface area (Å²) in [5.74, 6) is 1.54. The van der Waals surface area contributed by atoms with Crippen molar-refractivity contribution in [2.45, 2.75) is 36.1 Å². The number of thioether (sulfide) groups is 1. The highest BCUT2D eigenvalue weighted by molar-refractivity contribution is 8.00. The van der Waals surface area contributed by atoms with Crippen LogP contribution in [0.4, 0.5) is 10.8 Å². The van der Waals surface area contributed by atoms with E-state index in [1.807, 2.05) is 19.0 Å². The summed E-state index contributed by atoms with van der Waals surface area (Å²) >= 11 is 2.93. The Kier molecular flexibility index (Phi) is 8.65. The van der Waals surface area contributed by atoms with Crippen LogP contribution in [0.5, 0.6) is 0 Å². The Morgan fingerprint density at radius 1 is 1.18 bits per heavy atom. The van der Waals surface area contributed by atoms with Gasteiger partial charge in [-0.05, 0) is 32.3 Å². The van der Waals surface area contributed by atoms with Crippen molar-refractivity contribution in [3.63, 3.8) is 0 Å². The molecule has 0 unspecified atom stereocenters. The van der Waals surface area contributed by atoms with Gasteiger partial charge in [0.15, 0.2) is 5.13 Å². The molecule has 10 heteroatoms. The SMILES string of the molecule is CN(C)CC=CC(=O)Nc1cccc(C(=O)Nc2ncc(SCc3ncc(C(C)(C)C)o3)s2)c1. The van der Waals surface area contributed by atoms with Crippen molar-refractivity contribution < 1.29 is 14.0 Å². The number of thiazole rings is 1. The molecule has 0 aliphatic carbocycles. The number of nitrogens with zero attached hydrogens (tertiary/aromatic N) is 3. The first-order chi connectivity index (χ1) is 16.1. The number of hydrogen-bond acceptors (Lipinski definition) is 8. The Morgan fingerprint density at radius 3 is 2.68 bits per heavy atom. The summed E-state index contributed by atoms with van der Waals surface area (Å²) in [6.07, 6.45) is 6.74. The maximum Gasteiger partial charge on any atom is 0.257 e. The number of oxazole rings is 1. The van der Waals surface area contributed by atoms with Crippen molar-refractivity contribution in [2.75, 3.05) is 31.3 Å². The van der Waals surface area contributed by atoms with Crippen LogP contribution in [0.15, 0.2) is 57.4 Å². The fourth-order valence-electron chi connectivity index (χ4n) is 2.70. The first-order valence-corrected chi connectivity index (χ1v) is 12.5. The second-order valence-corrected chi connectivity index (χ2v) is 11.1. The number of aromatic nitrogens is 2. The molecule has 0 radical (unpaired) electrons. The number of carbonyl (C=O) groups excluding carboxylic acids is 2. The maximum absolute atomic E-state index is 12.7. The minimum absolute atomic E-state index is 0.0826. The molecule has 2 heterocycles. The first kappa shape index (κ1) is 25.7. The topological polar surface area (TPSA) is 100 Å². The van der Waals surface area contributed by atoms with Gasteiger partial charge in [-0.15, -0.1) is 11.8 Å². The number of hydrogen-bond donors (Lipinski definition) is 2. The van der Waals surface area contributed by atoms with Crippen LogP contribution >= 0.6 is 23.1 Å². The predicted molar refractivity (Wildman–Crippen MR) is 138 cm³/mol. The Morgan fingerprint density at radius 2 is 1.97 bits per heavy atom. The summed E-state index contributed by atoms with van der Waals surface area (Å²) < 4.78 is 6.76. The van der Waals surface area contributed by atoms with Crippen LogP contribution in [0.1, 0.15) is 42.8 Å². The fraction of sp³-hybridized carbons (Fsp3) is 0.333. The summed E-state index contributed by atoms with van der Waals surface area (Å²) in [5.41, 5.74) is 0.887. The summed E-state index contributed by atoms with van der Waals surface area (Å²) in [7, 11) is 3.85. The van der Waals surface area contributed by atoms with Crippen LogP contribution in [-0.4, -0.2) is 47.3 Å². The van der Waals surface area contributed by atoms with Gasteiger partial charge in [-0.3, -0.25) is 14.9 Å². The smallest absolute Gasteiger partial charge is 0.257 e. The molecule has 0 spiro atoms. The molecular formula is C24H29N5O3S2. The molecule has 2 amide bonds. The highest BCUT2D eigenvalue weighted by atomic mass is 32.2. The lowest BCUT2D eigenvalue weighted by molar-refractivity contribution is -0.111. The average molecular weight is 500 g/mol. The van der Waals surface area contributed by atoms with Crippen molar-refractivity contribution in [1.29, 1.82) is 0 Å². The van der Waals surface area contributed by atoms with E-state index in [1.165, 1.54) is 17.4 Å². The second kappa shape index (κ2) is 11.5. The van der Waals surface area contributed by atoms with Crippen LogP contribution < -0.4 is 10.6 Å². The third kappa shape index (κ3) is 7.82. The number of benzene rings is 1. The summed E-state index contributed by atoms with van der Waals surface area (Å²) in [6, 6.07) is 6.77. The zero-order valence-electron chi connectivity index (χ0n) is 19.9. The Hall–Kier alpha value is -2.95. The number of carbonyl (C=O) groups is 2. The van der Waals surface area contributed by atoms with Crippen LogP contribution in [-0.2, 0) is 16.0 Å².